The highest BCUT2D eigenvalue weighted by molar-refractivity contribution is 5.55. The zero-order valence-electron chi connectivity index (χ0n) is 26.4. The zero-order valence-corrected chi connectivity index (χ0v) is 26.4. The Morgan fingerprint density at radius 1 is 0.538 bits per heavy atom. The number of aliphatic hydroxyl groups excluding tert-OH is 3. The van der Waals surface area contributed by atoms with Crippen molar-refractivity contribution in [2.75, 3.05) is 19.8 Å². The molecule has 2 rings (SSSR count). The number of aliphatic hydroxyl groups is 4. The lowest BCUT2D eigenvalue weighted by Crippen LogP contribution is -2.55. The summed E-state index contributed by atoms with van der Waals surface area (Å²) >= 11 is 0. The molecule has 0 aromatic heterocycles. The van der Waals surface area contributed by atoms with E-state index in [9.17, 15) is 20.4 Å². The van der Waals surface area contributed by atoms with Crippen LogP contribution in [-0.2, 0) is 31.3 Å². The molecule has 0 aliphatic rings. The summed E-state index contributed by atoms with van der Waals surface area (Å²) in [5, 5.41) is 45.8. The number of hydrogen-bond donors (Lipinski definition) is 4. The van der Waals surface area contributed by atoms with Crippen LogP contribution in [0.1, 0.15) is 99.9 Å². The molecule has 0 amide bonds. The van der Waals surface area contributed by atoms with Gasteiger partial charge in [-0.25, -0.2) is 0 Å². The average molecular weight is 541 g/mol. The first-order valence-electron chi connectivity index (χ1n) is 15.0. The van der Waals surface area contributed by atoms with Crippen molar-refractivity contribution in [1.29, 1.82) is 0 Å². The number of rotatable bonds is 14. The van der Waals surface area contributed by atoms with Gasteiger partial charge in [0.05, 0.1) is 25.2 Å². The second-order valence-corrected chi connectivity index (χ2v) is 13.8. The van der Waals surface area contributed by atoms with E-state index in [1.54, 1.807) is 0 Å². The molecule has 220 valence electrons. The summed E-state index contributed by atoms with van der Waals surface area (Å²) in [6.45, 7) is 19.9. The van der Waals surface area contributed by atoms with Gasteiger partial charge >= 0.3 is 0 Å². The molecule has 0 aliphatic heterocycles. The SMILES string of the molecule is Cc1cc(CC(C)C)cc(CC(C)C)c1C(O)(c1c(C)cc(CC(C)C)cc1CC(C)C)C(CO)(CO)CO. The molecule has 0 bridgehead atoms. The van der Waals surface area contributed by atoms with Gasteiger partial charge in [-0.15, -0.1) is 0 Å². The normalized spacial score (nSPS) is 13.0. The molecule has 0 radical (unpaired) electrons. The number of hydrogen-bond acceptors (Lipinski definition) is 4. The highest BCUT2D eigenvalue weighted by Crippen LogP contribution is 2.50. The topological polar surface area (TPSA) is 80.9 Å². The van der Waals surface area contributed by atoms with Crippen LogP contribution in [0.4, 0.5) is 0 Å². The van der Waals surface area contributed by atoms with Gasteiger partial charge in [-0.05, 0) is 108 Å². The van der Waals surface area contributed by atoms with Crippen LogP contribution >= 0.6 is 0 Å². The lowest BCUT2D eigenvalue weighted by Gasteiger charge is -2.48. The van der Waals surface area contributed by atoms with Crippen LogP contribution in [0, 0.1) is 42.9 Å². The predicted molar refractivity (Wildman–Crippen MR) is 163 cm³/mol. The monoisotopic (exact) mass is 540 g/mol. The lowest BCUT2D eigenvalue weighted by atomic mass is 9.61. The van der Waals surface area contributed by atoms with Crippen molar-refractivity contribution in [2.24, 2.45) is 29.1 Å². The van der Waals surface area contributed by atoms with Crippen molar-refractivity contribution in [3.05, 3.63) is 68.8 Å². The smallest absolute Gasteiger partial charge is 0.128 e. The molecule has 2 aromatic carbocycles. The van der Waals surface area contributed by atoms with Crippen LogP contribution in [0.3, 0.4) is 0 Å². The van der Waals surface area contributed by atoms with Gasteiger partial charge in [0.1, 0.15) is 5.60 Å². The van der Waals surface area contributed by atoms with E-state index in [2.05, 4.69) is 79.7 Å². The fourth-order valence-electron chi connectivity index (χ4n) is 6.45. The minimum Gasteiger partial charge on any atom is -0.395 e. The highest BCUT2D eigenvalue weighted by atomic mass is 16.3. The molecule has 0 fully saturated rings. The first-order chi connectivity index (χ1) is 18.1. The van der Waals surface area contributed by atoms with Crippen LogP contribution in [0.2, 0.25) is 0 Å². The Bertz CT molecular complexity index is 995. The van der Waals surface area contributed by atoms with E-state index in [1.165, 1.54) is 11.1 Å². The summed E-state index contributed by atoms with van der Waals surface area (Å²) in [4.78, 5) is 0. The standard InChI is InChI=1S/C35H56O4/c1-22(2)11-28-15-26(9)32(30(17-28)13-24(5)6)35(39,34(19-36,20-37)21-38)33-27(10)16-29(12-23(3)4)18-31(33)14-25(7)8/h15-18,22-25,36-39H,11-14,19-21H2,1-10H3. The van der Waals surface area contributed by atoms with Gasteiger partial charge in [0.25, 0.3) is 0 Å². The summed E-state index contributed by atoms with van der Waals surface area (Å²) in [5.74, 6) is 1.64. The molecular formula is C35H56O4. The van der Waals surface area contributed by atoms with Crippen LogP contribution in [-0.4, -0.2) is 40.2 Å². The second kappa shape index (κ2) is 13.8. The predicted octanol–water partition coefficient (Wildman–Crippen LogP) is 6.30. The zero-order chi connectivity index (χ0) is 29.7. The highest BCUT2D eigenvalue weighted by Gasteiger charge is 2.55. The Kier molecular flexibility index (Phi) is 11.8. The maximum absolute atomic E-state index is 13.3. The largest absolute Gasteiger partial charge is 0.395 e. The van der Waals surface area contributed by atoms with Crippen molar-refractivity contribution in [1.82, 2.24) is 0 Å². The third-order valence-corrected chi connectivity index (χ3v) is 7.90. The molecule has 0 saturated heterocycles. The maximum Gasteiger partial charge on any atom is 0.128 e. The molecule has 0 unspecified atom stereocenters. The van der Waals surface area contributed by atoms with Gasteiger partial charge < -0.3 is 20.4 Å². The molecule has 0 spiro atoms. The summed E-state index contributed by atoms with van der Waals surface area (Å²) in [6, 6.07) is 8.70. The quantitative estimate of drug-likeness (QED) is 0.227. The Labute approximate surface area is 238 Å². The van der Waals surface area contributed by atoms with Gasteiger partial charge in [-0.3, -0.25) is 0 Å². The van der Waals surface area contributed by atoms with Gasteiger partial charge in [0.15, 0.2) is 0 Å². The Morgan fingerprint density at radius 3 is 1.10 bits per heavy atom. The van der Waals surface area contributed by atoms with E-state index in [-0.39, 0.29) is 0 Å². The summed E-state index contributed by atoms with van der Waals surface area (Å²) in [5.41, 5.74) is 4.36. The molecule has 2 aromatic rings. The third kappa shape index (κ3) is 7.33. The van der Waals surface area contributed by atoms with E-state index < -0.39 is 30.8 Å². The van der Waals surface area contributed by atoms with Crippen LogP contribution in [0.15, 0.2) is 24.3 Å². The molecule has 0 heterocycles. The van der Waals surface area contributed by atoms with Gasteiger partial charge in [0, 0.05) is 0 Å². The summed E-state index contributed by atoms with van der Waals surface area (Å²) in [6.07, 6.45) is 3.34. The Morgan fingerprint density at radius 2 is 0.846 bits per heavy atom. The van der Waals surface area contributed by atoms with Gasteiger partial charge in [-0.1, -0.05) is 79.7 Å². The Balaban J connectivity index is 3.13. The molecular weight excluding hydrogens is 484 g/mol. The molecule has 4 N–H and O–H groups in total. The molecule has 0 atom stereocenters. The first kappa shape index (κ1) is 33.5. The van der Waals surface area contributed by atoms with Crippen LogP contribution in [0.5, 0.6) is 0 Å². The van der Waals surface area contributed by atoms with E-state index in [0.717, 1.165) is 47.9 Å². The van der Waals surface area contributed by atoms with Crippen molar-refractivity contribution < 1.29 is 20.4 Å². The molecule has 4 nitrogen and oxygen atoms in total. The van der Waals surface area contributed by atoms with E-state index in [0.29, 0.717) is 34.8 Å². The fourth-order valence-corrected chi connectivity index (χ4v) is 6.45. The molecule has 4 heteroatoms. The maximum atomic E-state index is 13.3. The fraction of sp³-hybridized carbons (Fsp3) is 0.657. The lowest BCUT2D eigenvalue weighted by molar-refractivity contribution is -0.137. The van der Waals surface area contributed by atoms with E-state index >= 15 is 0 Å². The first-order valence-corrected chi connectivity index (χ1v) is 15.0. The minimum absolute atomic E-state index is 0.332. The van der Waals surface area contributed by atoms with Crippen molar-refractivity contribution in [3.8, 4) is 0 Å². The minimum atomic E-state index is -1.80. The molecule has 0 aliphatic carbocycles. The van der Waals surface area contributed by atoms with E-state index in [1.807, 2.05) is 13.8 Å². The second-order valence-electron chi connectivity index (χ2n) is 13.8. The van der Waals surface area contributed by atoms with Crippen LogP contribution < -0.4 is 0 Å². The number of aryl methyl sites for hydroxylation is 2. The van der Waals surface area contributed by atoms with Gasteiger partial charge in [0.2, 0.25) is 0 Å². The van der Waals surface area contributed by atoms with Crippen molar-refractivity contribution in [2.45, 2.75) is 101 Å². The third-order valence-electron chi connectivity index (χ3n) is 7.90. The van der Waals surface area contributed by atoms with Crippen molar-refractivity contribution in [3.63, 3.8) is 0 Å². The summed E-state index contributed by atoms with van der Waals surface area (Å²) in [7, 11) is 0. The van der Waals surface area contributed by atoms with E-state index in [4.69, 9.17) is 0 Å². The van der Waals surface area contributed by atoms with Crippen LogP contribution in [0.25, 0.3) is 0 Å². The molecule has 39 heavy (non-hydrogen) atoms. The summed E-state index contributed by atoms with van der Waals surface area (Å²) < 4.78 is 0. The molecule has 0 saturated carbocycles. The Hall–Kier alpha value is -1.72. The van der Waals surface area contributed by atoms with Crippen molar-refractivity contribution >= 4 is 0 Å². The average Bonchev–Trinajstić information content (AvgIpc) is 2.78. The van der Waals surface area contributed by atoms with Gasteiger partial charge in [-0.2, -0.15) is 0 Å². The number of benzene rings is 2.